The predicted molar refractivity (Wildman–Crippen MR) is 62.6 cm³/mol. The molecule has 0 bridgehead atoms. The molecule has 2 rings (SSSR count). The molecule has 0 N–H and O–H groups in total. The number of aromatic nitrogens is 2. The summed E-state index contributed by atoms with van der Waals surface area (Å²) >= 11 is 0. The molecule has 0 aliphatic rings. The van der Waals surface area contributed by atoms with E-state index in [4.69, 9.17) is 9.47 Å². The van der Waals surface area contributed by atoms with E-state index >= 15 is 0 Å². The number of carbonyl (C=O) groups excluding carboxylic acids is 1. The average Bonchev–Trinajstić information content (AvgIpc) is 2.69. The number of methoxy groups -OCH3 is 2. The van der Waals surface area contributed by atoms with Crippen LogP contribution in [0.1, 0.15) is 21.6 Å². The number of nitrogens with zero attached hydrogens (tertiary/aromatic N) is 2. The number of rotatable bonds is 2. The molecule has 90 valence electrons. The number of hydrogen-bond donors (Lipinski definition) is 0. The maximum atomic E-state index is 11.7. The number of hydrogen-bond acceptors (Lipinski definition) is 4. The van der Waals surface area contributed by atoms with Crippen molar-refractivity contribution in [2.45, 2.75) is 13.8 Å². The normalized spacial score (nSPS) is 10.6. The van der Waals surface area contributed by atoms with Gasteiger partial charge < -0.3 is 13.9 Å². The number of esters is 1. The standard InChI is InChI=1S/C12H14N2O3/c1-7-5-14-6-9(12(15)17-4)10(16-3)8(2)11(14)13-7/h5-6H,1-4H3. The smallest absolute Gasteiger partial charge is 0.343 e. The first kappa shape index (κ1) is 11.4. The van der Waals surface area contributed by atoms with Crippen molar-refractivity contribution in [2.24, 2.45) is 0 Å². The Balaban J connectivity index is 2.78. The van der Waals surface area contributed by atoms with Gasteiger partial charge in [0.25, 0.3) is 0 Å². The Morgan fingerprint density at radius 1 is 1.29 bits per heavy atom. The third-order valence-corrected chi connectivity index (χ3v) is 2.65. The fourth-order valence-corrected chi connectivity index (χ4v) is 1.91. The zero-order valence-corrected chi connectivity index (χ0v) is 10.3. The SMILES string of the molecule is COC(=O)c1cn2cc(C)nc2c(C)c1OC. The topological polar surface area (TPSA) is 52.8 Å². The largest absolute Gasteiger partial charge is 0.495 e. The van der Waals surface area contributed by atoms with E-state index in [-0.39, 0.29) is 0 Å². The van der Waals surface area contributed by atoms with Crippen molar-refractivity contribution in [1.29, 1.82) is 0 Å². The predicted octanol–water partition coefficient (Wildman–Crippen LogP) is 1.75. The number of imidazole rings is 1. The van der Waals surface area contributed by atoms with Gasteiger partial charge in [0.2, 0.25) is 0 Å². The molecular formula is C12H14N2O3. The highest BCUT2D eigenvalue weighted by molar-refractivity contribution is 5.93. The van der Waals surface area contributed by atoms with Gasteiger partial charge >= 0.3 is 5.97 Å². The molecule has 0 unspecified atom stereocenters. The summed E-state index contributed by atoms with van der Waals surface area (Å²) in [4.78, 5) is 16.0. The van der Waals surface area contributed by atoms with Crippen LogP contribution in [-0.4, -0.2) is 29.6 Å². The maximum absolute atomic E-state index is 11.7. The second-order valence-corrected chi connectivity index (χ2v) is 3.81. The van der Waals surface area contributed by atoms with Crippen molar-refractivity contribution < 1.29 is 14.3 Å². The fraction of sp³-hybridized carbons (Fsp3) is 0.333. The Morgan fingerprint density at radius 3 is 2.59 bits per heavy atom. The molecule has 0 saturated heterocycles. The summed E-state index contributed by atoms with van der Waals surface area (Å²) in [5.74, 6) is 0.0909. The Bertz CT molecular complexity index is 587. The second-order valence-electron chi connectivity index (χ2n) is 3.81. The summed E-state index contributed by atoms with van der Waals surface area (Å²) < 4.78 is 11.8. The lowest BCUT2D eigenvalue weighted by molar-refractivity contribution is 0.0596. The molecule has 2 aromatic heterocycles. The Labute approximate surface area is 99.0 Å². The van der Waals surface area contributed by atoms with Gasteiger partial charge in [-0.25, -0.2) is 9.78 Å². The minimum atomic E-state index is -0.418. The van der Waals surface area contributed by atoms with Crippen LogP contribution >= 0.6 is 0 Å². The summed E-state index contributed by atoms with van der Waals surface area (Å²) in [6.45, 7) is 3.77. The molecule has 5 heteroatoms. The van der Waals surface area contributed by atoms with Crippen molar-refractivity contribution in [3.63, 3.8) is 0 Å². The first-order valence-electron chi connectivity index (χ1n) is 5.19. The summed E-state index contributed by atoms with van der Waals surface area (Å²) in [6, 6.07) is 0. The zero-order chi connectivity index (χ0) is 12.6. The Morgan fingerprint density at radius 2 is 2.00 bits per heavy atom. The van der Waals surface area contributed by atoms with Crippen LogP contribution in [0.5, 0.6) is 5.75 Å². The number of fused-ring (bicyclic) bond motifs is 1. The third kappa shape index (κ3) is 1.73. The number of aryl methyl sites for hydroxylation is 2. The minimum absolute atomic E-state index is 0.400. The number of ether oxygens (including phenoxy) is 2. The van der Waals surface area contributed by atoms with Crippen LogP contribution in [0.3, 0.4) is 0 Å². The first-order valence-corrected chi connectivity index (χ1v) is 5.19. The number of pyridine rings is 1. The summed E-state index contributed by atoms with van der Waals surface area (Å²) in [5, 5.41) is 0. The molecule has 0 saturated carbocycles. The van der Waals surface area contributed by atoms with Gasteiger partial charge in [0.15, 0.2) is 0 Å². The van der Waals surface area contributed by atoms with Crippen molar-refractivity contribution >= 4 is 11.6 Å². The van der Waals surface area contributed by atoms with Crippen LogP contribution in [0.25, 0.3) is 5.65 Å². The van der Waals surface area contributed by atoms with Crippen LogP contribution in [-0.2, 0) is 4.74 Å². The Kier molecular flexibility index (Phi) is 2.75. The van der Waals surface area contributed by atoms with Gasteiger partial charge in [0.1, 0.15) is 17.0 Å². The van der Waals surface area contributed by atoms with Crippen LogP contribution in [0.4, 0.5) is 0 Å². The molecule has 0 aromatic carbocycles. The monoisotopic (exact) mass is 234 g/mol. The van der Waals surface area contributed by atoms with Gasteiger partial charge in [0.05, 0.1) is 19.9 Å². The lowest BCUT2D eigenvalue weighted by Gasteiger charge is -2.11. The van der Waals surface area contributed by atoms with Gasteiger partial charge in [-0.3, -0.25) is 0 Å². The van der Waals surface area contributed by atoms with E-state index in [0.717, 1.165) is 16.9 Å². The zero-order valence-electron chi connectivity index (χ0n) is 10.3. The fourth-order valence-electron chi connectivity index (χ4n) is 1.91. The third-order valence-electron chi connectivity index (χ3n) is 2.65. The molecule has 0 aliphatic heterocycles. The van der Waals surface area contributed by atoms with Crippen LogP contribution in [0.2, 0.25) is 0 Å². The van der Waals surface area contributed by atoms with E-state index in [0.29, 0.717) is 11.3 Å². The summed E-state index contributed by atoms with van der Waals surface area (Å²) in [7, 11) is 2.88. The van der Waals surface area contributed by atoms with Gasteiger partial charge in [0, 0.05) is 18.0 Å². The van der Waals surface area contributed by atoms with Crippen molar-refractivity contribution in [3.05, 3.63) is 29.2 Å². The van der Waals surface area contributed by atoms with Gasteiger partial charge in [-0.1, -0.05) is 0 Å². The van der Waals surface area contributed by atoms with Gasteiger partial charge in [-0.15, -0.1) is 0 Å². The molecule has 0 atom stereocenters. The van der Waals surface area contributed by atoms with E-state index in [1.807, 2.05) is 20.0 Å². The molecule has 0 spiro atoms. The molecule has 2 heterocycles. The van der Waals surface area contributed by atoms with E-state index in [9.17, 15) is 4.79 Å². The lowest BCUT2D eigenvalue weighted by atomic mass is 10.2. The molecule has 0 fully saturated rings. The van der Waals surface area contributed by atoms with Gasteiger partial charge in [-0.2, -0.15) is 0 Å². The first-order chi connectivity index (χ1) is 8.08. The minimum Gasteiger partial charge on any atom is -0.495 e. The summed E-state index contributed by atoms with van der Waals surface area (Å²) in [5.41, 5.74) is 2.89. The molecule has 0 aliphatic carbocycles. The molecule has 5 nitrogen and oxygen atoms in total. The molecule has 0 amide bonds. The van der Waals surface area contributed by atoms with Crippen LogP contribution in [0, 0.1) is 13.8 Å². The van der Waals surface area contributed by atoms with Crippen molar-refractivity contribution in [1.82, 2.24) is 9.38 Å². The summed E-state index contributed by atoms with van der Waals surface area (Å²) in [6.07, 6.45) is 3.53. The quantitative estimate of drug-likeness (QED) is 0.743. The average molecular weight is 234 g/mol. The van der Waals surface area contributed by atoms with Crippen molar-refractivity contribution in [2.75, 3.05) is 14.2 Å². The molecule has 17 heavy (non-hydrogen) atoms. The second kappa shape index (κ2) is 4.08. The van der Waals surface area contributed by atoms with Crippen LogP contribution in [0.15, 0.2) is 12.4 Å². The van der Waals surface area contributed by atoms with E-state index < -0.39 is 5.97 Å². The van der Waals surface area contributed by atoms with E-state index in [1.54, 1.807) is 10.6 Å². The molecular weight excluding hydrogens is 220 g/mol. The van der Waals surface area contributed by atoms with Gasteiger partial charge in [-0.05, 0) is 13.8 Å². The van der Waals surface area contributed by atoms with E-state index in [2.05, 4.69) is 4.98 Å². The Hall–Kier alpha value is -2.04. The molecule has 0 radical (unpaired) electrons. The molecule has 2 aromatic rings. The highest BCUT2D eigenvalue weighted by atomic mass is 16.5. The lowest BCUT2D eigenvalue weighted by Crippen LogP contribution is -2.07. The highest BCUT2D eigenvalue weighted by Gasteiger charge is 2.18. The highest BCUT2D eigenvalue weighted by Crippen LogP contribution is 2.27. The maximum Gasteiger partial charge on any atom is 0.343 e. The van der Waals surface area contributed by atoms with Crippen molar-refractivity contribution in [3.8, 4) is 5.75 Å². The van der Waals surface area contributed by atoms with E-state index in [1.165, 1.54) is 14.2 Å². The van der Waals surface area contributed by atoms with Crippen LogP contribution < -0.4 is 4.74 Å². The number of carbonyl (C=O) groups is 1.